The Kier molecular flexibility index (Phi) is 26.7. The van der Waals surface area contributed by atoms with Gasteiger partial charge >= 0.3 is 103 Å². The third kappa shape index (κ3) is 14.7. The maximum atomic E-state index is 14.6. The number of benzene rings is 3. The van der Waals surface area contributed by atoms with E-state index in [1.165, 1.54) is 30.4 Å². The summed E-state index contributed by atoms with van der Waals surface area (Å²) < 4.78 is 14.6. The molecule has 1 fully saturated rings. The zero-order valence-corrected chi connectivity index (χ0v) is 35.9. The van der Waals surface area contributed by atoms with Gasteiger partial charge in [-0.2, -0.15) is 36.0 Å². The van der Waals surface area contributed by atoms with Crippen molar-refractivity contribution in [2.75, 3.05) is 7.05 Å². The van der Waals surface area contributed by atoms with Gasteiger partial charge in [-0.1, -0.05) is 88.3 Å². The molecule has 46 heavy (non-hydrogen) atoms. The number of aliphatic hydroxyl groups is 1. The second kappa shape index (κ2) is 25.7. The quantitative estimate of drug-likeness (QED) is 0.0724. The summed E-state index contributed by atoms with van der Waals surface area (Å²) in [6, 6.07) is 18.7. The van der Waals surface area contributed by atoms with Gasteiger partial charge in [-0.05, 0) is 67.0 Å². The second-order valence-electron chi connectivity index (χ2n) is 10.6. The number of hydrogen-bond donors (Lipinski definition) is 2. The first kappa shape index (κ1) is 47.8. The number of carbonyl (C=O) groups excluding carboxylic acids is 1. The number of aliphatic hydroxyl groups excluding tert-OH is 1. The van der Waals surface area contributed by atoms with E-state index in [2.05, 4.69) is 38.6 Å². The molecule has 3 aromatic rings. The van der Waals surface area contributed by atoms with Crippen LogP contribution >= 0.6 is 11.6 Å². The Balaban J connectivity index is 0. The maximum Gasteiger partial charge on any atom is 1.00 e. The van der Waals surface area contributed by atoms with E-state index in [0.29, 0.717) is 17.4 Å². The van der Waals surface area contributed by atoms with Gasteiger partial charge in [0.05, 0.1) is 6.10 Å². The van der Waals surface area contributed by atoms with Gasteiger partial charge < -0.3 is 39.3 Å². The zero-order chi connectivity index (χ0) is 31.9. The molecule has 1 saturated carbocycles. The van der Waals surface area contributed by atoms with Gasteiger partial charge in [-0.25, -0.2) is 11.0 Å². The predicted molar refractivity (Wildman–Crippen MR) is 183 cm³/mol. The molecular weight excluding hydrogens is 649 g/mol. The normalized spacial score (nSPS) is 15.1. The van der Waals surface area contributed by atoms with Crippen LogP contribution in [-0.2, 0) is 17.6 Å². The molecule has 0 heterocycles. The molecule has 1 aliphatic carbocycles. The van der Waals surface area contributed by atoms with Crippen molar-refractivity contribution in [3.63, 3.8) is 0 Å². The molecule has 0 aliphatic heterocycles. The molecule has 0 amide bonds. The molecule has 0 aromatic heterocycles. The van der Waals surface area contributed by atoms with E-state index >= 15 is 0 Å². The van der Waals surface area contributed by atoms with Crippen LogP contribution < -0.4 is 103 Å². The van der Waals surface area contributed by atoms with E-state index in [1.807, 2.05) is 56.6 Å². The predicted octanol–water partition coefficient (Wildman–Crippen LogP) is 3.45. The van der Waals surface area contributed by atoms with E-state index < -0.39 is 0 Å². The van der Waals surface area contributed by atoms with E-state index in [1.54, 1.807) is 19.4 Å². The van der Waals surface area contributed by atoms with Crippen molar-refractivity contribution >= 4 is 24.2 Å². The van der Waals surface area contributed by atoms with Crippen LogP contribution in [0.2, 0.25) is 5.02 Å². The van der Waals surface area contributed by atoms with E-state index in [-0.39, 0.29) is 128 Å². The maximum absolute atomic E-state index is 14.6. The van der Waals surface area contributed by atoms with Crippen LogP contribution in [0.5, 0.6) is 0 Å². The number of hydrogen-bond acceptors (Lipinski definition) is 3. The fraction of sp³-hybridized carbons (Fsp3) is 0.342. The van der Waals surface area contributed by atoms with Crippen molar-refractivity contribution in [1.29, 1.82) is 5.41 Å². The Labute approximate surface area is 367 Å². The van der Waals surface area contributed by atoms with Crippen molar-refractivity contribution in [2.45, 2.75) is 72.3 Å². The molecule has 3 aromatic carbocycles. The molecule has 2 atom stereocenters. The minimum Gasteiger partial charge on any atom is -0.506 e. The van der Waals surface area contributed by atoms with Gasteiger partial charge in [0.1, 0.15) is 5.82 Å². The summed E-state index contributed by atoms with van der Waals surface area (Å²) in [5, 5.41) is 16.4. The van der Waals surface area contributed by atoms with E-state index in [0.717, 1.165) is 51.8 Å². The Morgan fingerprint density at radius 1 is 1.13 bits per heavy atom. The number of halogens is 2. The Morgan fingerprint density at radius 2 is 1.76 bits per heavy atom. The van der Waals surface area contributed by atoms with Crippen molar-refractivity contribution < 1.29 is 117 Å². The van der Waals surface area contributed by atoms with E-state index in [9.17, 15) is 14.3 Å². The van der Waals surface area contributed by atoms with Gasteiger partial charge in [0, 0.05) is 5.02 Å². The van der Waals surface area contributed by atoms with Crippen LogP contribution in [-0.4, -0.2) is 35.8 Å². The van der Waals surface area contributed by atoms with E-state index in [4.69, 9.17) is 17.0 Å². The molecule has 8 heteroatoms. The molecule has 4 rings (SSSR count). The molecule has 0 bridgehead atoms. The van der Waals surface area contributed by atoms with Crippen molar-refractivity contribution in [1.82, 2.24) is 4.90 Å². The zero-order valence-electron chi connectivity index (χ0n) is 28.9. The summed E-state index contributed by atoms with van der Waals surface area (Å²) >= 11 is 6.74. The van der Waals surface area contributed by atoms with Crippen LogP contribution in [0, 0.1) is 43.6 Å². The van der Waals surface area contributed by atoms with Crippen LogP contribution in [0.1, 0.15) is 63.1 Å². The Hall–Kier alpha value is -0.267. The van der Waals surface area contributed by atoms with Gasteiger partial charge in [0.2, 0.25) is 0 Å². The molecule has 1 unspecified atom stereocenters. The summed E-state index contributed by atoms with van der Waals surface area (Å²) in [6.07, 6.45) is 13.6. The monoisotopic (exact) mass is 693 g/mol. The van der Waals surface area contributed by atoms with Gasteiger partial charge in [-0.3, -0.25) is 0 Å². The first-order valence-electron chi connectivity index (χ1n) is 14.7. The van der Waals surface area contributed by atoms with Crippen LogP contribution in [0.25, 0.3) is 22.3 Å². The minimum atomic E-state index is -0.150. The number of rotatable bonds is 8. The van der Waals surface area contributed by atoms with Crippen LogP contribution in [0.3, 0.4) is 0 Å². The standard InChI is InChI=1S/C23H21ClF.C7H7N2O.C7H14O.CH3.2K/c1-4-16-13-17(14-22(25)18(16)5-2)20-11-8-12-21(23(20)24)19-10-7-6-9-15(19)3;1-3-7(5-10)4-9(2)6-8;1-6-4-2-3-5-7(6)8;;;/h6-8,10-14H,4-5H2,1-3H3;4,8H,1H2,2H3;6-8H,2-5H2,1H3;1H3;;/q-1;-3;;-1;2*+1/b;7-4+;;;;/t;;6?,7-;;;/m..0.../s1. The Bertz CT molecular complexity index is 1390. The third-order valence-electron chi connectivity index (χ3n) is 7.55. The molecule has 0 radical (unpaired) electrons. The van der Waals surface area contributed by atoms with Gasteiger partial charge in [-0.15, -0.1) is 11.8 Å². The molecule has 238 valence electrons. The molecule has 2 N–H and O–H groups in total. The van der Waals surface area contributed by atoms with Crippen LogP contribution in [0.15, 0.2) is 66.9 Å². The second-order valence-corrected chi connectivity index (χ2v) is 10.9. The smallest absolute Gasteiger partial charge is 0.506 e. The summed E-state index contributed by atoms with van der Waals surface area (Å²) in [7, 11) is 1.57. The number of nitrogens with one attached hydrogen (secondary N) is 1. The average molecular weight is 694 g/mol. The minimum absolute atomic E-state index is 0. The number of nitrogens with zero attached hydrogens (tertiary/aromatic N) is 1. The molecule has 4 nitrogen and oxygen atoms in total. The fourth-order valence-electron chi connectivity index (χ4n) is 4.97. The molecule has 0 saturated heterocycles. The number of allylic oxidation sites excluding steroid dienone is 2. The number of aryl methyl sites for hydroxylation is 2. The first-order valence-corrected chi connectivity index (χ1v) is 15.0. The fourth-order valence-corrected chi connectivity index (χ4v) is 5.30. The van der Waals surface area contributed by atoms with Crippen molar-refractivity contribution in [3.05, 3.63) is 114 Å². The molecule has 1 aliphatic rings. The first-order chi connectivity index (χ1) is 20.6. The van der Waals surface area contributed by atoms with Gasteiger partial charge in [0.25, 0.3) is 0 Å². The average Bonchev–Trinajstić information content (AvgIpc) is 3.02. The summed E-state index contributed by atoms with van der Waals surface area (Å²) in [5.41, 5.74) is 6.76. The third-order valence-corrected chi connectivity index (χ3v) is 7.96. The summed E-state index contributed by atoms with van der Waals surface area (Å²) in [4.78, 5) is 11.3. The molecular formula is C38H45ClFK2N2O2-3. The van der Waals surface area contributed by atoms with Crippen molar-refractivity contribution in [2.24, 2.45) is 5.92 Å². The van der Waals surface area contributed by atoms with Gasteiger partial charge in [0.15, 0.2) is 0 Å². The Morgan fingerprint density at radius 3 is 2.26 bits per heavy atom. The largest absolute Gasteiger partial charge is 1.00 e. The topological polar surface area (TPSA) is 64.4 Å². The van der Waals surface area contributed by atoms with Crippen LogP contribution in [0.4, 0.5) is 4.39 Å². The summed E-state index contributed by atoms with van der Waals surface area (Å²) in [5.74, 6) is 0.409. The van der Waals surface area contributed by atoms with Crippen molar-refractivity contribution in [3.8, 4) is 22.3 Å². The SMILES string of the molecule is C=[C-]/C([C-]=O)=C\N(C)[C-]=N.CC1CCCC[C@@H]1O.CCc1cc(-c2cccc(-c3ccc[c-]c3C)c2Cl)cc(F)c1CC.[CH3-].[K+].[K+]. The summed E-state index contributed by atoms with van der Waals surface area (Å²) in [6.45, 7) is 11.4. The molecule has 0 spiro atoms.